The zero-order valence-corrected chi connectivity index (χ0v) is 17.0. The normalized spacial score (nSPS) is 10.7. The molecule has 10 nitrogen and oxygen atoms in total. The quantitative estimate of drug-likeness (QED) is 0.241. The zero-order valence-electron chi connectivity index (χ0n) is 16.2. The van der Waals surface area contributed by atoms with E-state index in [1.165, 1.54) is 12.3 Å². The Hall–Kier alpha value is -3.73. The van der Waals surface area contributed by atoms with Gasteiger partial charge in [-0.25, -0.2) is 19.9 Å². The van der Waals surface area contributed by atoms with E-state index in [0.717, 1.165) is 11.3 Å². The Morgan fingerprint density at radius 2 is 1.84 bits per heavy atom. The lowest BCUT2D eigenvalue weighted by atomic mass is 10.1. The number of benzene rings is 1. The molecule has 3 aromatic heterocycles. The maximum absolute atomic E-state index is 8.95. The van der Waals surface area contributed by atoms with Crippen molar-refractivity contribution in [3.63, 3.8) is 0 Å². The van der Waals surface area contributed by atoms with Gasteiger partial charge in [0.2, 0.25) is 5.95 Å². The highest BCUT2D eigenvalue weighted by Crippen LogP contribution is 2.31. The summed E-state index contributed by atoms with van der Waals surface area (Å²) in [5.74, 6) is 1.06. The van der Waals surface area contributed by atoms with Crippen LogP contribution in [0, 0.1) is 0 Å². The third-order valence-electron chi connectivity index (χ3n) is 4.37. The highest BCUT2D eigenvalue weighted by atomic mass is 35.5. The number of rotatable bonds is 8. The molecule has 3 heterocycles. The molecule has 4 N–H and O–H groups in total. The molecule has 31 heavy (non-hydrogen) atoms. The third-order valence-corrected chi connectivity index (χ3v) is 4.70. The van der Waals surface area contributed by atoms with E-state index >= 15 is 0 Å². The summed E-state index contributed by atoms with van der Waals surface area (Å²) < 4.78 is 1.83. The molecular weight excluding hydrogens is 420 g/mol. The van der Waals surface area contributed by atoms with Crippen LogP contribution in [0.3, 0.4) is 0 Å². The fourth-order valence-corrected chi connectivity index (χ4v) is 3.10. The van der Waals surface area contributed by atoms with Crippen LogP contribution < -0.4 is 15.9 Å². The van der Waals surface area contributed by atoms with Gasteiger partial charge < -0.3 is 15.2 Å². The van der Waals surface area contributed by atoms with Crippen molar-refractivity contribution in [1.29, 1.82) is 0 Å². The highest BCUT2D eigenvalue weighted by molar-refractivity contribution is 6.33. The van der Waals surface area contributed by atoms with Gasteiger partial charge in [0.15, 0.2) is 0 Å². The van der Waals surface area contributed by atoms with Gasteiger partial charge in [0.25, 0.3) is 0 Å². The minimum atomic E-state index is 0.0136. The van der Waals surface area contributed by atoms with E-state index in [1.54, 1.807) is 24.8 Å². The number of hydrogen-bond acceptors (Lipinski definition) is 9. The molecule has 0 atom stereocenters. The van der Waals surface area contributed by atoms with Crippen molar-refractivity contribution in [1.82, 2.24) is 24.5 Å². The average Bonchev–Trinajstić information content (AvgIpc) is 3.32. The molecular formula is C20H19ClN8O2. The molecule has 0 saturated heterocycles. The van der Waals surface area contributed by atoms with E-state index in [9.17, 15) is 0 Å². The van der Waals surface area contributed by atoms with Crippen molar-refractivity contribution in [2.45, 2.75) is 0 Å². The lowest BCUT2D eigenvalue weighted by Crippen LogP contribution is -2.16. The number of nitrogens with zero attached hydrogens (tertiary/aromatic N) is 6. The van der Waals surface area contributed by atoms with Gasteiger partial charge in [-0.1, -0.05) is 29.8 Å². The summed E-state index contributed by atoms with van der Waals surface area (Å²) >= 11 is 6.41. The standard InChI is InChI=1S/C20H19ClN8O2/c21-16-4-2-1-3-15(16)19-17(28-10-9-22-13-28)12-26-20(27-19)24-8-7-23-18-6-5-14(11-25-18)29(30)31/h1-6,9-13,30-31H,7-8H2,(H,23,25)(H,24,26,27). The fourth-order valence-electron chi connectivity index (χ4n) is 2.88. The first-order valence-corrected chi connectivity index (χ1v) is 9.71. The highest BCUT2D eigenvalue weighted by Gasteiger charge is 2.14. The number of aromatic nitrogens is 5. The molecule has 0 aliphatic heterocycles. The van der Waals surface area contributed by atoms with Gasteiger partial charge >= 0.3 is 0 Å². The van der Waals surface area contributed by atoms with Gasteiger partial charge in [-0.05, 0) is 18.2 Å². The second kappa shape index (κ2) is 9.39. The molecule has 0 fully saturated rings. The largest absolute Gasteiger partial charge is 0.368 e. The van der Waals surface area contributed by atoms with Gasteiger partial charge in [0.05, 0.1) is 29.4 Å². The molecule has 0 bridgehead atoms. The van der Waals surface area contributed by atoms with E-state index in [2.05, 4.69) is 30.6 Å². The molecule has 0 radical (unpaired) electrons. The van der Waals surface area contributed by atoms with Gasteiger partial charge in [-0.15, -0.1) is 5.23 Å². The minimum Gasteiger partial charge on any atom is -0.368 e. The maximum Gasteiger partial charge on any atom is 0.223 e. The van der Waals surface area contributed by atoms with E-state index in [4.69, 9.17) is 22.0 Å². The summed E-state index contributed by atoms with van der Waals surface area (Å²) in [5, 5.41) is 24.8. The van der Waals surface area contributed by atoms with Crippen LogP contribution in [-0.4, -0.2) is 48.0 Å². The molecule has 0 aliphatic rings. The SMILES string of the molecule is ON(O)c1ccc(NCCNc2ncc(-n3ccnc3)c(-c3ccccc3Cl)n2)nc1. The summed E-state index contributed by atoms with van der Waals surface area (Å²) in [6, 6.07) is 10.7. The summed E-state index contributed by atoms with van der Waals surface area (Å²) in [4.78, 5) is 17.3. The lowest BCUT2D eigenvalue weighted by molar-refractivity contribution is 0.0290. The third kappa shape index (κ3) is 4.89. The van der Waals surface area contributed by atoms with Crippen LogP contribution >= 0.6 is 11.6 Å². The molecule has 0 amide bonds. The molecule has 0 saturated carbocycles. The Bertz CT molecular complexity index is 1140. The molecule has 11 heteroatoms. The predicted octanol–water partition coefficient (Wildman–Crippen LogP) is 3.49. The number of hydrogen-bond donors (Lipinski definition) is 4. The number of anilines is 3. The average molecular weight is 439 g/mol. The Morgan fingerprint density at radius 3 is 2.55 bits per heavy atom. The van der Waals surface area contributed by atoms with Crippen molar-refractivity contribution < 1.29 is 10.4 Å². The van der Waals surface area contributed by atoms with Gasteiger partial charge in [0, 0.05) is 31.0 Å². The number of pyridine rings is 1. The van der Waals surface area contributed by atoms with E-state index in [0.29, 0.717) is 35.6 Å². The Balaban J connectivity index is 1.46. The van der Waals surface area contributed by atoms with Crippen molar-refractivity contribution in [3.05, 3.63) is 72.5 Å². The van der Waals surface area contributed by atoms with Gasteiger partial charge in [-0.3, -0.25) is 10.4 Å². The van der Waals surface area contributed by atoms with Crippen molar-refractivity contribution in [2.24, 2.45) is 0 Å². The van der Waals surface area contributed by atoms with E-state index < -0.39 is 0 Å². The van der Waals surface area contributed by atoms with Crippen molar-refractivity contribution >= 4 is 29.1 Å². The summed E-state index contributed by atoms with van der Waals surface area (Å²) in [7, 11) is 0. The second-order valence-corrected chi connectivity index (χ2v) is 6.83. The predicted molar refractivity (Wildman–Crippen MR) is 117 cm³/mol. The second-order valence-electron chi connectivity index (χ2n) is 6.42. The number of halogens is 1. The number of imidazole rings is 1. The van der Waals surface area contributed by atoms with E-state index in [-0.39, 0.29) is 10.9 Å². The summed E-state index contributed by atoms with van der Waals surface area (Å²) in [6.45, 7) is 1.07. The molecule has 4 aromatic rings. The Morgan fingerprint density at radius 1 is 1.00 bits per heavy atom. The maximum atomic E-state index is 8.95. The lowest BCUT2D eigenvalue weighted by Gasteiger charge is -2.13. The first-order valence-electron chi connectivity index (χ1n) is 9.34. The topological polar surface area (TPSA) is 124 Å². The monoisotopic (exact) mass is 438 g/mol. The zero-order chi connectivity index (χ0) is 21.6. The van der Waals surface area contributed by atoms with Crippen LogP contribution in [0.4, 0.5) is 17.5 Å². The smallest absolute Gasteiger partial charge is 0.223 e. The number of nitrogens with one attached hydrogen (secondary N) is 2. The van der Waals surface area contributed by atoms with Gasteiger partial charge in [0.1, 0.15) is 17.2 Å². The van der Waals surface area contributed by atoms with Crippen LogP contribution in [0.1, 0.15) is 0 Å². The minimum absolute atomic E-state index is 0.0136. The Labute approximate surface area is 182 Å². The molecule has 0 spiro atoms. The fraction of sp³-hybridized carbons (Fsp3) is 0.100. The first kappa shape index (κ1) is 20.5. The van der Waals surface area contributed by atoms with Crippen molar-refractivity contribution in [3.8, 4) is 16.9 Å². The summed E-state index contributed by atoms with van der Waals surface area (Å²) in [6.07, 6.45) is 8.25. The molecule has 158 valence electrons. The molecule has 4 rings (SSSR count). The van der Waals surface area contributed by atoms with E-state index in [1.807, 2.05) is 35.0 Å². The van der Waals surface area contributed by atoms with Crippen LogP contribution in [-0.2, 0) is 0 Å². The first-order chi connectivity index (χ1) is 15.1. The van der Waals surface area contributed by atoms with Crippen LogP contribution in [0.5, 0.6) is 0 Å². The molecule has 0 unspecified atom stereocenters. The van der Waals surface area contributed by atoms with Crippen LogP contribution in [0.15, 0.2) is 67.5 Å². The Kier molecular flexibility index (Phi) is 6.22. The summed E-state index contributed by atoms with van der Waals surface area (Å²) in [5.41, 5.74) is 2.41. The van der Waals surface area contributed by atoms with Crippen LogP contribution in [0.2, 0.25) is 5.02 Å². The molecule has 1 aromatic carbocycles. The van der Waals surface area contributed by atoms with Gasteiger partial charge in [-0.2, -0.15) is 0 Å². The van der Waals surface area contributed by atoms with Crippen molar-refractivity contribution in [2.75, 3.05) is 28.9 Å². The van der Waals surface area contributed by atoms with Crippen LogP contribution in [0.25, 0.3) is 16.9 Å². The molecule has 0 aliphatic carbocycles.